The summed E-state index contributed by atoms with van der Waals surface area (Å²) in [6.07, 6.45) is 3.72. The third kappa shape index (κ3) is 2.79. The second kappa shape index (κ2) is 5.96. The molecule has 0 radical (unpaired) electrons. The standard InChI is InChI=1S/C17H27NO/c1-6-18-15-9-11(2)7-8-14-10-12(3)17(19-5)13(4)16(14)15/h10-11,15,18H,6-9H2,1-5H3. The van der Waals surface area contributed by atoms with Crippen molar-refractivity contribution in [2.75, 3.05) is 13.7 Å². The van der Waals surface area contributed by atoms with Crippen LogP contribution in [0, 0.1) is 19.8 Å². The summed E-state index contributed by atoms with van der Waals surface area (Å²) in [5.41, 5.74) is 5.61. The lowest BCUT2D eigenvalue weighted by molar-refractivity contribution is 0.399. The molecule has 0 fully saturated rings. The minimum atomic E-state index is 0.479. The van der Waals surface area contributed by atoms with Crippen LogP contribution in [0.15, 0.2) is 6.07 Å². The highest BCUT2D eigenvalue weighted by Gasteiger charge is 2.25. The van der Waals surface area contributed by atoms with Gasteiger partial charge in [-0.05, 0) is 67.8 Å². The van der Waals surface area contributed by atoms with Gasteiger partial charge in [-0.3, -0.25) is 0 Å². The molecule has 1 aliphatic rings. The number of methoxy groups -OCH3 is 1. The van der Waals surface area contributed by atoms with Crippen LogP contribution in [-0.4, -0.2) is 13.7 Å². The van der Waals surface area contributed by atoms with E-state index < -0.39 is 0 Å². The van der Waals surface area contributed by atoms with Gasteiger partial charge in [0.15, 0.2) is 0 Å². The normalized spacial score (nSPS) is 22.8. The Balaban J connectivity index is 2.54. The zero-order valence-electron chi connectivity index (χ0n) is 13.0. The second-order valence-corrected chi connectivity index (χ2v) is 5.91. The molecule has 19 heavy (non-hydrogen) atoms. The van der Waals surface area contributed by atoms with Crippen LogP contribution in [0.4, 0.5) is 0 Å². The Kier molecular flexibility index (Phi) is 4.51. The Bertz CT molecular complexity index is 453. The average molecular weight is 261 g/mol. The summed E-state index contributed by atoms with van der Waals surface area (Å²) in [6, 6.07) is 2.82. The Morgan fingerprint density at radius 3 is 2.74 bits per heavy atom. The van der Waals surface area contributed by atoms with Crippen LogP contribution < -0.4 is 10.1 Å². The first-order valence-electron chi connectivity index (χ1n) is 7.48. The fourth-order valence-electron chi connectivity index (χ4n) is 3.54. The third-order valence-electron chi connectivity index (χ3n) is 4.39. The number of hydrogen-bond donors (Lipinski definition) is 1. The molecule has 1 aliphatic carbocycles. The van der Waals surface area contributed by atoms with Gasteiger partial charge in [0.1, 0.15) is 5.75 Å². The average Bonchev–Trinajstić information content (AvgIpc) is 2.50. The van der Waals surface area contributed by atoms with Crippen molar-refractivity contribution in [1.82, 2.24) is 5.32 Å². The van der Waals surface area contributed by atoms with E-state index in [-0.39, 0.29) is 0 Å². The summed E-state index contributed by atoms with van der Waals surface area (Å²) in [4.78, 5) is 0. The molecule has 1 N–H and O–H groups in total. The molecular weight excluding hydrogens is 234 g/mol. The molecule has 0 aromatic heterocycles. The number of benzene rings is 1. The monoisotopic (exact) mass is 261 g/mol. The summed E-state index contributed by atoms with van der Waals surface area (Å²) in [6.45, 7) is 9.95. The maximum absolute atomic E-state index is 5.61. The maximum Gasteiger partial charge on any atom is 0.125 e. The Morgan fingerprint density at radius 1 is 1.37 bits per heavy atom. The molecule has 0 bridgehead atoms. The van der Waals surface area contributed by atoms with Crippen molar-refractivity contribution in [3.8, 4) is 5.75 Å². The van der Waals surface area contributed by atoms with Crippen molar-refractivity contribution in [3.63, 3.8) is 0 Å². The van der Waals surface area contributed by atoms with Gasteiger partial charge >= 0.3 is 0 Å². The summed E-state index contributed by atoms with van der Waals surface area (Å²) in [5, 5.41) is 3.67. The number of aryl methyl sites for hydroxylation is 2. The molecule has 0 amide bonds. The van der Waals surface area contributed by atoms with Gasteiger partial charge in [0.25, 0.3) is 0 Å². The predicted molar refractivity (Wildman–Crippen MR) is 81.0 cm³/mol. The quantitative estimate of drug-likeness (QED) is 0.832. The van der Waals surface area contributed by atoms with Crippen molar-refractivity contribution in [2.24, 2.45) is 5.92 Å². The molecule has 1 aromatic carbocycles. The zero-order valence-corrected chi connectivity index (χ0v) is 13.0. The highest BCUT2D eigenvalue weighted by molar-refractivity contribution is 5.51. The molecule has 0 saturated heterocycles. The number of nitrogens with one attached hydrogen (secondary N) is 1. The SMILES string of the molecule is CCNC1CC(C)CCc2cc(C)c(OC)c(C)c21. The van der Waals surface area contributed by atoms with E-state index >= 15 is 0 Å². The van der Waals surface area contributed by atoms with E-state index in [1.54, 1.807) is 7.11 Å². The van der Waals surface area contributed by atoms with Gasteiger partial charge in [0.2, 0.25) is 0 Å². The van der Waals surface area contributed by atoms with Crippen LogP contribution in [0.3, 0.4) is 0 Å². The lowest BCUT2D eigenvalue weighted by atomic mass is 9.91. The van der Waals surface area contributed by atoms with Crippen molar-refractivity contribution in [1.29, 1.82) is 0 Å². The van der Waals surface area contributed by atoms with Gasteiger partial charge < -0.3 is 10.1 Å². The second-order valence-electron chi connectivity index (χ2n) is 5.91. The Morgan fingerprint density at radius 2 is 2.11 bits per heavy atom. The molecule has 2 nitrogen and oxygen atoms in total. The fourth-order valence-corrected chi connectivity index (χ4v) is 3.54. The van der Waals surface area contributed by atoms with Crippen LogP contribution in [-0.2, 0) is 6.42 Å². The lowest BCUT2D eigenvalue weighted by Crippen LogP contribution is -2.23. The van der Waals surface area contributed by atoms with Crippen LogP contribution in [0.25, 0.3) is 0 Å². The third-order valence-corrected chi connectivity index (χ3v) is 4.39. The van der Waals surface area contributed by atoms with Gasteiger partial charge in [-0.15, -0.1) is 0 Å². The van der Waals surface area contributed by atoms with Crippen LogP contribution in [0.5, 0.6) is 5.75 Å². The van der Waals surface area contributed by atoms with Crippen molar-refractivity contribution in [3.05, 3.63) is 28.3 Å². The highest BCUT2D eigenvalue weighted by atomic mass is 16.5. The van der Waals surface area contributed by atoms with Gasteiger partial charge in [-0.25, -0.2) is 0 Å². The molecule has 2 atom stereocenters. The number of hydrogen-bond acceptors (Lipinski definition) is 2. The van der Waals surface area contributed by atoms with E-state index in [0.29, 0.717) is 6.04 Å². The van der Waals surface area contributed by atoms with E-state index in [1.165, 1.54) is 41.5 Å². The van der Waals surface area contributed by atoms with E-state index in [9.17, 15) is 0 Å². The largest absolute Gasteiger partial charge is 0.496 e. The Hall–Kier alpha value is -1.02. The molecule has 1 aromatic rings. The number of rotatable bonds is 3. The van der Waals surface area contributed by atoms with Crippen LogP contribution in [0.1, 0.15) is 55.0 Å². The maximum atomic E-state index is 5.61. The van der Waals surface area contributed by atoms with E-state index in [2.05, 4.69) is 39.1 Å². The molecule has 2 rings (SSSR count). The molecule has 0 saturated carbocycles. The summed E-state index contributed by atoms with van der Waals surface area (Å²) in [7, 11) is 1.78. The summed E-state index contributed by atoms with van der Waals surface area (Å²) < 4.78 is 5.61. The number of fused-ring (bicyclic) bond motifs is 1. The molecule has 106 valence electrons. The molecule has 2 heteroatoms. The number of ether oxygens (including phenoxy) is 1. The van der Waals surface area contributed by atoms with Gasteiger partial charge in [-0.2, -0.15) is 0 Å². The lowest BCUT2D eigenvalue weighted by Gasteiger charge is -2.24. The summed E-state index contributed by atoms with van der Waals surface area (Å²) in [5.74, 6) is 1.85. The first-order chi connectivity index (χ1) is 9.08. The van der Waals surface area contributed by atoms with Crippen molar-refractivity contribution in [2.45, 2.75) is 53.0 Å². The minimum Gasteiger partial charge on any atom is -0.496 e. The topological polar surface area (TPSA) is 21.3 Å². The van der Waals surface area contributed by atoms with Crippen molar-refractivity contribution < 1.29 is 4.74 Å². The van der Waals surface area contributed by atoms with E-state index in [1.807, 2.05) is 0 Å². The van der Waals surface area contributed by atoms with E-state index in [0.717, 1.165) is 18.2 Å². The van der Waals surface area contributed by atoms with Gasteiger partial charge in [0, 0.05) is 6.04 Å². The molecular formula is C17H27NO. The fraction of sp³-hybridized carbons (Fsp3) is 0.647. The predicted octanol–water partition coefficient (Wildman–Crippen LogP) is 3.94. The zero-order chi connectivity index (χ0) is 14.0. The smallest absolute Gasteiger partial charge is 0.125 e. The first kappa shape index (κ1) is 14.4. The molecule has 0 spiro atoms. The van der Waals surface area contributed by atoms with E-state index in [4.69, 9.17) is 4.74 Å². The van der Waals surface area contributed by atoms with Crippen LogP contribution in [0.2, 0.25) is 0 Å². The van der Waals surface area contributed by atoms with Crippen molar-refractivity contribution >= 4 is 0 Å². The molecule has 0 aliphatic heterocycles. The summed E-state index contributed by atoms with van der Waals surface area (Å²) >= 11 is 0. The highest BCUT2D eigenvalue weighted by Crippen LogP contribution is 2.38. The molecule has 0 heterocycles. The molecule has 2 unspecified atom stereocenters. The van der Waals surface area contributed by atoms with Gasteiger partial charge in [-0.1, -0.05) is 19.9 Å². The minimum absolute atomic E-state index is 0.479. The Labute approximate surface area is 117 Å². The van der Waals surface area contributed by atoms with Crippen LogP contribution >= 0.6 is 0 Å². The first-order valence-corrected chi connectivity index (χ1v) is 7.48. The van der Waals surface area contributed by atoms with Gasteiger partial charge in [0.05, 0.1) is 7.11 Å².